The molecule has 0 bridgehead atoms. The number of H-pyrrole nitrogens is 1. The summed E-state index contributed by atoms with van der Waals surface area (Å²) in [7, 11) is 0. The zero-order valence-corrected chi connectivity index (χ0v) is 9.62. The van der Waals surface area contributed by atoms with Crippen LogP contribution in [-0.2, 0) is 0 Å². The molecule has 3 aromatic rings. The Kier molecular flexibility index (Phi) is 2.19. The average Bonchev–Trinajstić information content (AvgIpc) is 2.75. The first-order chi connectivity index (χ1) is 8.24. The van der Waals surface area contributed by atoms with Gasteiger partial charge in [0.15, 0.2) is 5.13 Å². The number of aromatic nitrogens is 2. The average molecular weight is 243 g/mol. The van der Waals surface area contributed by atoms with E-state index in [1.807, 2.05) is 30.3 Å². The van der Waals surface area contributed by atoms with Gasteiger partial charge < -0.3 is 10.7 Å². The normalized spacial score (nSPS) is 10.8. The SMILES string of the molecule is Nc1nc(-c2cc3ccccc3[nH]c2=O)cs1. The molecule has 84 valence electrons. The zero-order valence-electron chi connectivity index (χ0n) is 8.81. The number of pyridine rings is 1. The van der Waals surface area contributed by atoms with Crippen LogP contribution >= 0.6 is 11.3 Å². The van der Waals surface area contributed by atoms with Crippen molar-refractivity contribution in [1.82, 2.24) is 9.97 Å². The van der Waals surface area contributed by atoms with E-state index in [0.29, 0.717) is 16.4 Å². The third kappa shape index (κ3) is 1.70. The summed E-state index contributed by atoms with van der Waals surface area (Å²) in [6.07, 6.45) is 0. The molecule has 0 unspecified atom stereocenters. The van der Waals surface area contributed by atoms with Crippen LogP contribution in [0.1, 0.15) is 0 Å². The van der Waals surface area contributed by atoms with Crippen molar-refractivity contribution in [2.45, 2.75) is 0 Å². The Bertz CT molecular complexity index is 745. The largest absolute Gasteiger partial charge is 0.375 e. The number of anilines is 1. The zero-order chi connectivity index (χ0) is 11.8. The predicted octanol–water partition coefficient (Wildman–Crippen LogP) is 2.23. The lowest BCUT2D eigenvalue weighted by molar-refractivity contribution is 1.28. The number of benzene rings is 1. The van der Waals surface area contributed by atoms with Gasteiger partial charge in [0.25, 0.3) is 5.56 Å². The topological polar surface area (TPSA) is 71.8 Å². The summed E-state index contributed by atoms with van der Waals surface area (Å²) in [5, 5.41) is 3.23. The molecule has 4 nitrogen and oxygen atoms in total. The molecule has 2 heterocycles. The summed E-state index contributed by atoms with van der Waals surface area (Å²) < 4.78 is 0. The lowest BCUT2D eigenvalue weighted by atomic mass is 10.1. The second-order valence-electron chi connectivity index (χ2n) is 3.67. The van der Waals surface area contributed by atoms with Crippen LogP contribution in [0.15, 0.2) is 40.5 Å². The van der Waals surface area contributed by atoms with Crippen LogP contribution in [0.2, 0.25) is 0 Å². The van der Waals surface area contributed by atoms with Gasteiger partial charge in [-0.05, 0) is 17.5 Å². The van der Waals surface area contributed by atoms with Crippen LogP contribution in [-0.4, -0.2) is 9.97 Å². The molecule has 3 N–H and O–H groups in total. The van der Waals surface area contributed by atoms with Gasteiger partial charge in [0.2, 0.25) is 0 Å². The maximum atomic E-state index is 11.9. The number of nitrogen functional groups attached to an aromatic ring is 1. The first kappa shape index (κ1) is 10.0. The summed E-state index contributed by atoms with van der Waals surface area (Å²) in [5.41, 5.74) is 7.43. The van der Waals surface area contributed by atoms with Gasteiger partial charge in [-0.3, -0.25) is 4.79 Å². The van der Waals surface area contributed by atoms with Crippen molar-refractivity contribution < 1.29 is 0 Å². The van der Waals surface area contributed by atoms with Gasteiger partial charge in [-0.15, -0.1) is 11.3 Å². The monoisotopic (exact) mass is 243 g/mol. The van der Waals surface area contributed by atoms with Crippen molar-refractivity contribution >= 4 is 27.4 Å². The van der Waals surface area contributed by atoms with Crippen LogP contribution < -0.4 is 11.3 Å². The molecule has 0 aliphatic heterocycles. The van der Waals surface area contributed by atoms with Gasteiger partial charge in [0, 0.05) is 10.9 Å². The third-order valence-corrected chi connectivity index (χ3v) is 3.23. The standard InChI is InChI=1S/C12H9N3OS/c13-12-15-10(6-17-12)8-5-7-3-1-2-4-9(7)14-11(8)16/h1-6H,(H2,13,15)(H,14,16). The molecular weight excluding hydrogens is 234 g/mol. The van der Waals surface area contributed by atoms with E-state index in [4.69, 9.17) is 5.73 Å². The highest BCUT2D eigenvalue weighted by molar-refractivity contribution is 7.13. The molecule has 0 aliphatic carbocycles. The lowest BCUT2D eigenvalue weighted by Crippen LogP contribution is -2.08. The quantitative estimate of drug-likeness (QED) is 0.688. The van der Waals surface area contributed by atoms with Crippen LogP contribution in [0, 0.1) is 0 Å². The Morgan fingerprint density at radius 3 is 2.88 bits per heavy atom. The molecule has 0 saturated heterocycles. The number of nitrogens with two attached hydrogens (primary N) is 1. The molecule has 1 aromatic carbocycles. The number of hydrogen-bond acceptors (Lipinski definition) is 4. The van der Waals surface area contributed by atoms with E-state index >= 15 is 0 Å². The molecule has 0 aliphatic rings. The Morgan fingerprint density at radius 2 is 2.12 bits per heavy atom. The third-order valence-electron chi connectivity index (χ3n) is 2.55. The molecule has 0 saturated carbocycles. The highest BCUT2D eigenvalue weighted by Gasteiger charge is 2.08. The van der Waals surface area contributed by atoms with E-state index in [-0.39, 0.29) is 5.56 Å². The smallest absolute Gasteiger partial charge is 0.257 e. The van der Waals surface area contributed by atoms with Gasteiger partial charge in [-0.1, -0.05) is 18.2 Å². The van der Waals surface area contributed by atoms with E-state index in [1.165, 1.54) is 11.3 Å². The summed E-state index contributed by atoms with van der Waals surface area (Å²) >= 11 is 1.33. The number of rotatable bonds is 1. The van der Waals surface area contributed by atoms with E-state index < -0.39 is 0 Å². The molecule has 0 fully saturated rings. The van der Waals surface area contributed by atoms with Crippen LogP contribution in [0.5, 0.6) is 0 Å². The molecule has 17 heavy (non-hydrogen) atoms. The Hall–Kier alpha value is -2.14. The van der Waals surface area contributed by atoms with Gasteiger partial charge in [0.05, 0.1) is 11.3 Å². The van der Waals surface area contributed by atoms with E-state index in [0.717, 1.165) is 10.9 Å². The first-order valence-corrected chi connectivity index (χ1v) is 5.95. The van der Waals surface area contributed by atoms with E-state index in [1.54, 1.807) is 5.38 Å². The first-order valence-electron chi connectivity index (χ1n) is 5.07. The minimum absolute atomic E-state index is 0.144. The minimum atomic E-state index is -0.144. The van der Waals surface area contributed by atoms with Gasteiger partial charge in [0.1, 0.15) is 0 Å². The van der Waals surface area contributed by atoms with E-state index in [2.05, 4.69) is 9.97 Å². The predicted molar refractivity (Wildman–Crippen MR) is 70.1 cm³/mol. The number of thiazole rings is 1. The second kappa shape index (κ2) is 3.71. The van der Waals surface area contributed by atoms with Crippen molar-refractivity contribution in [3.05, 3.63) is 46.1 Å². The molecule has 0 spiro atoms. The number of hydrogen-bond donors (Lipinski definition) is 2. The van der Waals surface area contributed by atoms with Crippen molar-refractivity contribution in [1.29, 1.82) is 0 Å². The van der Waals surface area contributed by atoms with Crippen LogP contribution in [0.3, 0.4) is 0 Å². The fraction of sp³-hybridized carbons (Fsp3) is 0. The molecular formula is C12H9N3OS. The molecule has 0 atom stereocenters. The lowest BCUT2D eigenvalue weighted by Gasteiger charge is -2.00. The molecule has 2 aromatic heterocycles. The van der Waals surface area contributed by atoms with E-state index in [9.17, 15) is 4.79 Å². The fourth-order valence-corrected chi connectivity index (χ4v) is 2.31. The summed E-state index contributed by atoms with van der Waals surface area (Å²) in [5.74, 6) is 0. The number of fused-ring (bicyclic) bond motifs is 1. The number of nitrogens with one attached hydrogen (secondary N) is 1. The second-order valence-corrected chi connectivity index (χ2v) is 4.56. The maximum absolute atomic E-state index is 11.9. The Balaban J connectivity index is 2.30. The van der Waals surface area contributed by atoms with Gasteiger partial charge in [-0.2, -0.15) is 0 Å². The molecule has 0 amide bonds. The Morgan fingerprint density at radius 1 is 1.29 bits per heavy atom. The van der Waals surface area contributed by atoms with Crippen molar-refractivity contribution in [2.24, 2.45) is 0 Å². The van der Waals surface area contributed by atoms with Crippen molar-refractivity contribution in [3.8, 4) is 11.3 Å². The number of nitrogens with zero attached hydrogens (tertiary/aromatic N) is 1. The highest BCUT2D eigenvalue weighted by Crippen LogP contribution is 2.22. The number of aromatic amines is 1. The van der Waals surface area contributed by atoms with Crippen LogP contribution in [0.4, 0.5) is 5.13 Å². The molecule has 0 radical (unpaired) electrons. The molecule has 3 rings (SSSR count). The summed E-state index contributed by atoms with van der Waals surface area (Å²) in [4.78, 5) is 18.9. The van der Waals surface area contributed by atoms with Gasteiger partial charge >= 0.3 is 0 Å². The highest BCUT2D eigenvalue weighted by atomic mass is 32.1. The fourth-order valence-electron chi connectivity index (χ4n) is 1.75. The number of para-hydroxylation sites is 1. The molecule has 5 heteroatoms. The van der Waals surface area contributed by atoms with Crippen molar-refractivity contribution in [3.63, 3.8) is 0 Å². The summed E-state index contributed by atoms with van der Waals surface area (Å²) in [6, 6.07) is 9.47. The van der Waals surface area contributed by atoms with Crippen molar-refractivity contribution in [2.75, 3.05) is 5.73 Å². The Labute approximate surface area is 101 Å². The van der Waals surface area contributed by atoms with Crippen LogP contribution in [0.25, 0.3) is 22.2 Å². The maximum Gasteiger partial charge on any atom is 0.257 e. The minimum Gasteiger partial charge on any atom is -0.375 e. The van der Waals surface area contributed by atoms with Gasteiger partial charge in [-0.25, -0.2) is 4.98 Å². The summed E-state index contributed by atoms with van der Waals surface area (Å²) in [6.45, 7) is 0.